The van der Waals surface area contributed by atoms with E-state index in [9.17, 15) is 13.5 Å². The van der Waals surface area contributed by atoms with Crippen molar-refractivity contribution < 1.29 is 13.5 Å². The lowest BCUT2D eigenvalue weighted by Gasteiger charge is -2.33. The number of hydrogen-bond acceptors (Lipinski definition) is 6. The second-order valence-electron chi connectivity index (χ2n) is 5.64. The maximum atomic E-state index is 11.4. The summed E-state index contributed by atoms with van der Waals surface area (Å²) < 4.78 is 24.0. The van der Waals surface area contributed by atoms with Gasteiger partial charge >= 0.3 is 0 Å². The molecular formula is C15H19N5O3S. The molecule has 1 fully saturated rings. The van der Waals surface area contributed by atoms with Crippen molar-refractivity contribution in [1.82, 2.24) is 14.3 Å². The molecule has 128 valence electrons. The second-order valence-corrected chi connectivity index (χ2v) is 7.19. The van der Waals surface area contributed by atoms with Crippen molar-refractivity contribution in [3.05, 3.63) is 36.0 Å². The van der Waals surface area contributed by atoms with Gasteiger partial charge in [-0.25, -0.2) is 15.1 Å². The molecule has 0 radical (unpaired) electrons. The van der Waals surface area contributed by atoms with E-state index in [4.69, 9.17) is 5.14 Å². The summed E-state index contributed by atoms with van der Waals surface area (Å²) in [7, 11) is -3.66. The Bertz CT molecular complexity index is 848. The summed E-state index contributed by atoms with van der Waals surface area (Å²) in [6.45, 7) is 3.47. The molecule has 0 spiro atoms. The number of para-hydroxylation sites is 1. The van der Waals surface area contributed by atoms with Gasteiger partial charge in [0, 0.05) is 37.9 Å². The standard InChI is InChI=1S/C15H19N5O3S/c1-11-10-14(19-6-8-20(9-7-19)24(16,22)23)18-15(17-11)12-4-2-3-5-13(12)21/h2-5,10,21H,6-9H2,1H3,(H2,16,22,23). The Kier molecular flexibility index (Phi) is 4.39. The molecule has 0 amide bonds. The van der Waals surface area contributed by atoms with Crippen LogP contribution in [0.2, 0.25) is 0 Å². The number of aromatic hydroxyl groups is 1. The average molecular weight is 349 g/mol. The van der Waals surface area contributed by atoms with E-state index >= 15 is 0 Å². The molecule has 3 N–H and O–H groups in total. The summed E-state index contributed by atoms with van der Waals surface area (Å²) in [5.74, 6) is 1.26. The molecule has 0 unspecified atom stereocenters. The number of anilines is 1. The summed E-state index contributed by atoms with van der Waals surface area (Å²) in [5.41, 5.74) is 1.33. The first-order valence-corrected chi connectivity index (χ1v) is 9.02. The number of aryl methyl sites for hydroxylation is 1. The SMILES string of the molecule is Cc1cc(N2CCN(S(N)(=O)=O)CC2)nc(-c2ccccc2O)n1. The molecule has 0 atom stereocenters. The molecule has 2 heterocycles. The average Bonchev–Trinajstić information content (AvgIpc) is 2.54. The summed E-state index contributed by atoms with van der Waals surface area (Å²) in [4.78, 5) is 10.9. The molecule has 1 aliphatic rings. The first-order valence-electron chi connectivity index (χ1n) is 7.51. The molecule has 0 saturated carbocycles. The molecule has 2 aromatic rings. The molecule has 1 aromatic carbocycles. The Morgan fingerprint density at radius 2 is 1.79 bits per heavy atom. The minimum absolute atomic E-state index is 0.119. The Hall–Kier alpha value is -2.23. The third-order valence-electron chi connectivity index (χ3n) is 3.91. The molecule has 0 aliphatic carbocycles. The van der Waals surface area contributed by atoms with Crippen LogP contribution >= 0.6 is 0 Å². The summed E-state index contributed by atoms with van der Waals surface area (Å²) >= 11 is 0. The van der Waals surface area contributed by atoms with Crippen LogP contribution in [0.25, 0.3) is 11.4 Å². The van der Waals surface area contributed by atoms with Crippen LogP contribution < -0.4 is 10.0 Å². The number of aromatic nitrogens is 2. The van der Waals surface area contributed by atoms with E-state index < -0.39 is 10.2 Å². The Labute approximate surface area is 140 Å². The zero-order chi connectivity index (χ0) is 17.3. The number of phenolic OH excluding ortho intramolecular Hbond substituents is 1. The molecular weight excluding hydrogens is 330 g/mol. The van der Waals surface area contributed by atoms with Crippen LogP contribution in [0.4, 0.5) is 5.82 Å². The lowest BCUT2D eigenvalue weighted by molar-refractivity contribution is 0.384. The molecule has 1 aliphatic heterocycles. The largest absolute Gasteiger partial charge is 0.507 e. The van der Waals surface area contributed by atoms with Crippen molar-refractivity contribution in [2.45, 2.75) is 6.92 Å². The van der Waals surface area contributed by atoms with Gasteiger partial charge in [-0.3, -0.25) is 0 Å². The summed E-state index contributed by atoms with van der Waals surface area (Å²) in [6, 6.07) is 8.74. The molecule has 0 bridgehead atoms. The first-order chi connectivity index (χ1) is 11.3. The normalized spacial score (nSPS) is 16.3. The van der Waals surface area contributed by atoms with E-state index in [1.54, 1.807) is 18.2 Å². The predicted octanol–water partition coefficient (Wildman–Crippen LogP) is 0.483. The fourth-order valence-electron chi connectivity index (χ4n) is 2.67. The van der Waals surface area contributed by atoms with E-state index in [0.717, 1.165) is 5.69 Å². The van der Waals surface area contributed by atoms with E-state index in [1.807, 2.05) is 24.0 Å². The third kappa shape index (κ3) is 3.48. The Morgan fingerprint density at radius 1 is 1.12 bits per heavy atom. The van der Waals surface area contributed by atoms with Crippen LogP contribution in [0.3, 0.4) is 0 Å². The van der Waals surface area contributed by atoms with E-state index in [0.29, 0.717) is 43.4 Å². The second kappa shape index (κ2) is 6.34. The fourth-order valence-corrected chi connectivity index (χ4v) is 3.34. The number of piperazine rings is 1. The molecule has 24 heavy (non-hydrogen) atoms. The van der Waals surface area contributed by atoms with Crippen molar-refractivity contribution >= 4 is 16.0 Å². The van der Waals surface area contributed by atoms with Gasteiger partial charge < -0.3 is 10.0 Å². The topological polar surface area (TPSA) is 113 Å². The van der Waals surface area contributed by atoms with E-state index in [1.165, 1.54) is 4.31 Å². The van der Waals surface area contributed by atoms with Crippen LogP contribution in [0.15, 0.2) is 30.3 Å². The van der Waals surface area contributed by atoms with Gasteiger partial charge in [-0.1, -0.05) is 12.1 Å². The number of phenols is 1. The first kappa shape index (κ1) is 16.6. The van der Waals surface area contributed by atoms with Crippen molar-refractivity contribution in [2.75, 3.05) is 31.1 Å². The van der Waals surface area contributed by atoms with E-state index in [2.05, 4.69) is 9.97 Å². The predicted molar refractivity (Wildman–Crippen MR) is 90.8 cm³/mol. The molecule has 1 saturated heterocycles. The van der Waals surface area contributed by atoms with Gasteiger partial charge in [0.2, 0.25) is 0 Å². The van der Waals surface area contributed by atoms with Crippen molar-refractivity contribution in [3.8, 4) is 17.1 Å². The number of nitrogens with zero attached hydrogens (tertiary/aromatic N) is 4. The number of rotatable bonds is 3. The van der Waals surface area contributed by atoms with Gasteiger partial charge in [0.25, 0.3) is 10.2 Å². The number of nitrogens with two attached hydrogens (primary N) is 1. The van der Waals surface area contributed by atoms with Gasteiger partial charge in [-0.15, -0.1) is 0 Å². The van der Waals surface area contributed by atoms with Crippen molar-refractivity contribution in [3.63, 3.8) is 0 Å². The maximum absolute atomic E-state index is 11.4. The van der Waals surface area contributed by atoms with Crippen LogP contribution in [0, 0.1) is 6.92 Å². The lowest BCUT2D eigenvalue weighted by atomic mass is 10.2. The van der Waals surface area contributed by atoms with Gasteiger partial charge in [0.15, 0.2) is 5.82 Å². The van der Waals surface area contributed by atoms with E-state index in [-0.39, 0.29) is 5.75 Å². The highest BCUT2D eigenvalue weighted by molar-refractivity contribution is 7.86. The number of hydrogen-bond donors (Lipinski definition) is 2. The number of benzene rings is 1. The van der Waals surface area contributed by atoms with Gasteiger partial charge in [0.1, 0.15) is 11.6 Å². The van der Waals surface area contributed by atoms with Gasteiger partial charge in [-0.2, -0.15) is 12.7 Å². The minimum Gasteiger partial charge on any atom is -0.507 e. The van der Waals surface area contributed by atoms with Gasteiger partial charge in [-0.05, 0) is 19.1 Å². The highest BCUT2D eigenvalue weighted by Crippen LogP contribution is 2.27. The van der Waals surface area contributed by atoms with Crippen molar-refractivity contribution in [1.29, 1.82) is 0 Å². The molecule has 9 heteroatoms. The summed E-state index contributed by atoms with van der Waals surface area (Å²) in [5, 5.41) is 15.2. The fraction of sp³-hybridized carbons (Fsp3) is 0.333. The molecule has 8 nitrogen and oxygen atoms in total. The zero-order valence-corrected chi connectivity index (χ0v) is 14.1. The highest BCUT2D eigenvalue weighted by atomic mass is 32.2. The Morgan fingerprint density at radius 3 is 2.42 bits per heavy atom. The minimum atomic E-state index is -3.66. The van der Waals surface area contributed by atoms with Gasteiger partial charge in [0.05, 0.1) is 5.56 Å². The maximum Gasteiger partial charge on any atom is 0.277 e. The zero-order valence-electron chi connectivity index (χ0n) is 13.3. The monoisotopic (exact) mass is 349 g/mol. The van der Waals surface area contributed by atoms with Crippen LogP contribution in [-0.4, -0.2) is 54.0 Å². The molecule has 1 aromatic heterocycles. The van der Waals surface area contributed by atoms with Crippen LogP contribution in [0.1, 0.15) is 5.69 Å². The quantitative estimate of drug-likeness (QED) is 0.833. The third-order valence-corrected chi connectivity index (χ3v) is 4.99. The van der Waals surface area contributed by atoms with Crippen LogP contribution in [0.5, 0.6) is 5.75 Å². The highest BCUT2D eigenvalue weighted by Gasteiger charge is 2.25. The smallest absolute Gasteiger partial charge is 0.277 e. The van der Waals surface area contributed by atoms with Crippen molar-refractivity contribution in [2.24, 2.45) is 5.14 Å². The Balaban J connectivity index is 1.87. The lowest BCUT2D eigenvalue weighted by Crippen LogP contribution is -2.51. The van der Waals surface area contributed by atoms with Crippen LogP contribution in [-0.2, 0) is 10.2 Å². The summed E-state index contributed by atoms with van der Waals surface area (Å²) in [6.07, 6.45) is 0. The molecule has 3 rings (SSSR count).